The van der Waals surface area contributed by atoms with E-state index in [2.05, 4.69) is 19.9 Å². The number of rotatable bonds is 9. The quantitative estimate of drug-likeness (QED) is 0.355. The van der Waals surface area contributed by atoms with Crippen LogP contribution in [0.25, 0.3) is 0 Å². The van der Waals surface area contributed by atoms with Crippen LogP contribution >= 0.6 is 0 Å². The highest BCUT2D eigenvalue weighted by Gasteiger charge is 2.40. The van der Waals surface area contributed by atoms with Crippen LogP contribution in [0.4, 0.5) is 0 Å². The lowest BCUT2D eigenvalue weighted by Crippen LogP contribution is -2.34. The average Bonchev–Trinajstić information content (AvgIpc) is 2.78. The first kappa shape index (κ1) is 23.2. The third-order valence-electron chi connectivity index (χ3n) is 9.39. The van der Waals surface area contributed by atoms with Crippen molar-refractivity contribution >= 4 is 0 Å². The molecule has 0 aliphatic heterocycles. The van der Waals surface area contributed by atoms with Gasteiger partial charge in [0.2, 0.25) is 0 Å². The molecule has 0 aromatic heterocycles. The Morgan fingerprint density at radius 3 is 1.90 bits per heavy atom. The highest BCUT2D eigenvalue weighted by Crippen LogP contribution is 2.50. The number of nitrogens with zero attached hydrogens (tertiary/aromatic N) is 1. The first-order chi connectivity index (χ1) is 14.2. The lowest BCUT2D eigenvalue weighted by Gasteiger charge is -2.43. The minimum absolute atomic E-state index is 0.0335. The molecule has 0 spiro atoms. The molecule has 0 amide bonds. The maximum atomic E-state index is 9.99. The number of hydrogen-bond acceptors (Lipinski definition) is 1. The molecule has 1 heteroatoms. The molecule has 0 bridgehead atoms. The van der Waals surface area contributed by atoms with Crippen molar-refractivity contribution in [1.82, 2.24) is 0 Å². The van der Waals surface area contributed by atoms with E-state index in [1.807, 2.05) is 0 Å². The Bertz CT molecular complexity index is 489. The van der Waals surface area contributed by atoms with Crippen molar-refractivity contribution in [2.75, 3.05) is 0 Å². The summed E-state index contributed by atoms with van der Waals surface area (Å²) in [6.45, 7) is 4.61. The van der Waals surface area contributed by atoms with Gasteiger partial charge in [-0.15, -0.1) is 0 Å². The summed E-state index contributed by atoms with van der Waals surface area (Å²) >= 11 is 0. The number of unbranched alkanes of at least 4 members (excludes halogenated alkanes) is 3. The topological polar surface area (TPSA) is 23.8 Å². The first-order valence-corrected chi connectivity index (χ1v) is 13.6. The van der Waals surface area contributed by atoms with Crippen LogP contribution in [0.2, 0.25) is 0 Å². The molecule has 0 saturated heterocycles. The zero-order chi connectivity index (χ0) is 20.5. The first-order valence-electron chi connectivity index (χ1n) is 13.6. The molecule has 29 heavy (non-hydrogen) atoms. The Kier molecular flexibility index (Phi) is 9.40. The molecular formula is C28H49N. The molecule has 3 rings (SSSR count). The van der Waals surface area contributed by atoms with Crippen molar-refractivity contribution in [2.24, 2.45) is 35.0 Å². The van der Waals surface area contributed by atoms with E-state index in [-0.39, 0.29) is 5.41 Å². The van der Waals surface area contributed by atoms with Crippen molar-refractivity contribution in [1.29, 1.82) is 5.26 Å². The molecule has 1 nitrogen and oxygen atoms in total. The van der Waals surface area contributed by atoms with E-state index in [9.17, 15) is 5.26 Å². The second-order valence-electron chi connectivity index (χ2n) is 11.3. The van der Waals surface area contributed by atoms with Crippen LogP contribution in [0.1, 0.15) is 136 Å². The highest BCUT2D eigenvalue weighted by molar-refractivity contribution is 5.03. The Hall–Kier alpha value is -0.510. The third kappa shape index (κ3) is 6.48. The van der Waals surface area contributed by atoms with Crippen molar-refractivity contribution in [2.45, 2.75) is 136 Å². The summed E-state index contributed by atoms with van der Waals surface area (Å²) in [7, 11) is 0. The summed E-state index contributed by atoms with van der Waals surface area (Å²) in [4.78, 5) is 0. The zero-order valence-electron chi connectivity index (χ0n) is 19.8. The standard InChI is InChI=1S/C28H49N/c1-3-5-7-19-28(22-29)20-8-10-27(21-28)26-17-15-25(16-18-26)24-13-11-23(12-14-24)9-6-4-2/h23-27H,3-21H2,1-2H3/t23-,24-,25?,26?,27?,28?. The van der Waals surface area contributed by atoms with E-state index in [0.29, 0.717) is 0 Å². The van der Waals surface area contributed by atoms with Gasteiger partial charge in [0.1, 0.15) is 0 Å². The maximum Gasteiger partial charge on any atom is 0.0689 e. The van der Waals surface area contributed by atoms with Crippen molar-refractivity contribution in [3.63, 3.8) is 0 Å². The third-order valence-corrected chi connectivity index (χ3v) is 9.39. The summed E-state index contributed by atoms with van der Waals surface area (Å²) in [5, 5.41) is 9.99. The van der Waals surface area contributed by atoms with Crippen LogP contribution in [0.5, 0.6) is 0 Å². The average molecular weight is 400 g/mol. The van der Waals surface area contributed by atoms with E-state index in [1.54, 1.807) is 0 Å². The zero-order valence-corrected chi connectivity index (χ0v) is 19.8. The Morgan fingerprint density at radius 1 is 0.724 bits per heavy atom. The van der Waals surface area contributed by atoms with Gasteiger partial charge in [-0.3, -0.25) is 0 Å². The second kappa shape index (κ2) is 11.8. The number of nitriles is 1. The molecular weight excluding hydrogens is 350 g/mol. The van der Waals surface area contributed by atoms with Crippen molar-refractivity contribution in [3.8, 4) is 6.07 Å². The van der Waals surface area contributed by atoms with E-state index < -0.39 is 0 Å². The summed E-state index contributed by atoms with van der Waals surface area (Å²) in [5.74, 6) is 4.93. The Labute approximate surface area is 182 Å². The van der Waals surface area contributed by atoms with E-state index in [0.717, 1.165) is 29.6 Å². The molecule has 0 radical (unpaired) electrons. The maximum absolute atomic E-state index is 9.99. The fourth-order valence-electron chi connectivity index (χ4n) is 7.44. The lowest BCUT2D eigenvalue weighted by molar-refractivity contribution is 0.0813. The molecule has 0 N–H and O–H groups in total. The van der Waals surface area contributed by atoms with Gasteiger partial charge in [0, 0.05) is 0 Å². The van der Waals surface area contributed by atoms with Gasteiger partial charge in [-0.2, -0.15) is 5.26 Å². The summed E-state index contributed by atoms with van der Waals surface area (Å²) in [6.07, 6.45) is 26.5. The molecule has 3 aliphatic rings. The Balaban J connectivity index is 1.43. The normalized spacial score (nSPS) is 38.4. The van der Waals surface area contributed by atoms with Gasteiger partial charge in [0.15, 0.2) is 0 Å². The SMILES string of the molecule is CCCCCC1(C#N)CCCC(C2CCC([C@H]3CC[C@H](CCCC)CC3)CC2)C1. The molecule has 2 atom stereocenters. The monoisotopic (exact) mass is 399 g/mol. The molecule has 0 heterocycles. The minimum atomic E-state index is 0.0335. The van der Waals surface area contributed by atoms with Crippen LogP contribution in [0.15, 0.2) is 0 Å². The van der Waals surface area contributed by atoms with Crippen LogP contribution in [0.3, 0.4) is 0 Å². The van der Waals surface area contributed by atoms with Gasteiger partial charge in [0.25, 0.3) is 0 Å². The van der Waals surface area contributed by atoms with Gasteiger partial charge in [0.05, 0.1) is 11.5 Å². The predicted octanol–water partition coefficient (Wildman–Crippen LogP) is 9.07. The molecule has 0 aromatic rings. The van der Waals surface area contributed by atoms with Gasteiger partial charge < -0.3 is 0 Å². The summed E-state index contributed by atoms with van der Waals surface area (Å²) < 4.78 is 0. The summed E-state index contributed by atoms with van der Waals surface area (Å²) in [5.41, 5.74) is 0.0335. The van der Waals surface area contributed by atoms with E-state index in [4.69, 9.17) is 0 Å². The molecule has 3 fully saturated rings. The van der Waals surface area contributed by atoms with Gasteiger partial charge in [-0.1, -0.05) is 78.1 Å². The smallest absolute Gasteiger partial charge is 0.0689 e. The highest BCUT2D eigenvalue weighted by atomic mass is 14.5. The molecule has 166 valence electrons. The Morgan fingerprint density at radius 2 is 1.31 bits per heavy atom. The molecule has 3 saturated carbocycles. The fraction of sp³-hybridized carbons (Fsp3) is 0.964. The van der Waals surface area contributed by atoms with Crippen molar-refractivity contribution in [3.05, 3.63) is 0 Å². The lowest BCUT2D eigenvalue weighted by atomic mass is 9.61. The van der Waals surface area contributed by atoms with Crippen LogP contribution < -0.4 is 0 Å². The largest absolute Gasteiger partial charge is 0.198 e. The predicted molar refractivity (Wildman–Crippen MR) is 125 cm³/mol. The fourth-order valence-corrected chi connectivity index (χ4v) is 7.44. The van der Waals surface area contributed by atoms with Gasteiger partial charge in [-0.25, -0.2) is 0 Å². The van der Waals surface area contributed by atoms with E-state index >= 15 is 0 Å². The summed E-state index contributed by atoms with van der Waals surface area (Å²) in [6, 6.07) is 2.82. The van der Waals surface area contributed by atoms with Gasteiger partial charge >= 0.3 is 0 Å². The van der Waals surface area contributed by atoms with Crippen LogP contribution in [-0.2, 0) is 0 Å². The molecule has 0 aromatic carbocycles. The van der Waals surface area contributed by atoms with Crippen LogP contribution in [0, 0.1) is 46.3 Å². The number of hydrogen-bond donors (Lipinski definition) is 0. The minimum Gasteiger partial charge on any atom is -0.198 e. The second-order valence-corrected chi connectivity index (χ2v) is 11.3. The molecule has 3 aliphatic carbocycles. The van der Waals surface area contributed by atoms with Gasteiger partial charge in [-0.05, 0) is 87.4 Å². The molecule has 2 unspecified atom stereocenters. The van der Waals surface area contributed by atoms with E-state index in [1.165, 1.54) is 122 Å². The van der Waals surface area contributed by atoms with Crippen LogP contribution in [-0.4, -0.2) is 0 Å². The van der Waals surface area contributed by atoms with Crippen molar-refractivity contribution < 1.29 is 0 Å².